The monoisotopic (exact) mass is 474 g/mol. The van der Waals surface area contributed by atoms with E-state index < -0.39 is 0 Å². The van der Waals surface area contributed by atoms with Crippen molar-refractivity contribution in [2.75, 3.05) is 38.6 Å². The number of nitrogens with zero attached hydrogens (tertiary/aromatic N) is 2. The van der Waals surface area contributed by atoms with E-state index in [2.05, 4.69) is 63.9 Å². The number of aromatic amines is 1. The molecule has 1 saturated heterocycles. The Morgan fingerprint density at radius 3 is 2.34 bits per heavy atom. The van der Waals surface area contributed by atoms with Crippen LogP contribution in [0.5, 0.6) is 0 Å². The van der Waals surface area contributed by atoms with Crippen molar-refractivity contribution in [1.82, 2.24) is 15.2 Å². The fourth-order valence-corrected chi connectivity index (χ4v) is 4.96. The molecule has 0 unspecified atom stereocenters. The number of nitrogens with one attached hydrogen (secondary N) is 2. The van der Waals surface area contributed by atoms with E-state index in [9.17, 15) is 9.59 Å². The number of carbonyl (C=O) groups excluding carboxylic acids is 2. The zero-order valence-corrected chi connectivity index (χ0v) is 21.6. The van der Waals surface area contributed by atoms with Gasteiger partial charge in [-0.1, -0.05) is 51.1 Å². The van der Waals surface area contributed by atoms with Crippen molar-refractivity contribution >= 4 is 28.4 Å². The lowest BCUT2D eigenvalue weighted by atomic mass is 9.89. The van der Waals surface area contributed by atoms with Crippen molar-refractivity contribution < 1.29 is 9.59 Å². The Balaban J connectivity index is 1.48. The quantitative estimate of drug-likeness (QED) is 0.541. The molecular formula is C29H38N4O2. The third-order valence-corrected chi connectivity index (χ3v) is 7.08. The number of rotatable bonds is 6. The molecule has 186 valence electrons. The smallest absolute Gasteiger partial charge is 0.227 e. The molecule has 1 fully saturated rings. The van der Waals surface area contributed by atoms with Crippen LogP contribution in [0.25, 0.3) is 10.9 Å². The van der Waals surface area contributed by atoms with Gasteiger partial charge in [0.25, 0.3) is 0 Å². The van der Waals surface area contributed by atoms with Crippen molar-refractivity contribution in [3.63, 3.8) is 0 Å². The van der Waals surface area contributed by atoms with Gasteiger partial charge in [0.2, 0.25) is 11.8 Å². The van der Waals surface area contributed by atoms with Gasteiger partial charge in [0.05, 0.1) is 0 Å². The number of H-pyrrole nitrogens is 1. The van der Waals surface area contributed by atoms with Gasteiger partial charge in [-0.2, -0.15) is 0 Å². The number of hydrogen-bond donors (Lipinski definition) is 2. The molecule has 2 N–H and O–H groups in total. The van der Waals surface area contributed by atoms with Gasteiger partial charge in [0.1, 0.15) is 0 Å². The Labute approximate surface area is 208 Å². The van der Waals surface area contributed by atoms with Crippen LogP contribution in [0, 0.1) is 11.3 Å². The first-order valence-corrected chi connectivity index (χ1v) is 12.6. The molecule has 1 atom stereocenters. The van der Waals surface area contributed by atoms with E-state index in [4.69, 9.17) is 0 Å². The van der Waals surface area contributed by atoms with E-state index in [0.29, 0.717) is 32.5 Å². The van der Waals surface area contributed by atoms with Crippen molar-refractivity contribution in [2.24, 2.45) is 11.3 Å². The summed E-state index contributed by atoms with van der Waals surface area (Å²) < 4.78 is 0. The van der Waals surface area contributed by atoms with Crippen LogP contribution >= 0.6 is 0 Å². The topological polar surface area (TPSA) is 68.4 Å². The largest absolute Gasteiger partial charge is 0.378 e. The number of piperidine rings is 1. The normalized spacial score (nSPS) is 15.7. The summed E-state index contributed by atoms with van der Waals surface area (Å²) in [6.07, 6.45) is 3.49. The van der Waals surface area contributed by atoms with Gasteiger partial charge >= 0.3 is 0 Å². The molecule has 4 rings (SSSR count). The summed E-state index contributed by atoms with van der Waals surface area (Å²) in [6.45, 7) is 7.67. The molecule has 6 heteroatoms. The molecule has 0 saturated carbocycles. The fourth-order valence-electron chi connectivity index (χ4n) is 4.96. The lowest BCUT2D eigenvalue weighted by Gasteiger charge is -2.35. The molecule has 0 aliphatic carbocycles. The Bertz CT molecular complexity index is 1170. The lowest BCUT2D eigenvalue weighted by Crippen LogP contribution is -2.47. The van der Waals surface area contributed by atoms with Crippen LogP contribution in [0.1, 0.15) is 50.7 Å². The molecule has 0 bridgehead atoms. The van der Waals surface area contributed by atoms with Crippen molar-refractivity contribution in [3.8, 4) is 0 Å². The number of hydrogen-bond acceptors (Lipinski definition) is 3. The molecule has 2 amide bonds. The Morgan fingerprint density at radius 1 is 1.06 bits per heavy atom. The Kier molecular flexibility index (Phi) is 7.20. The molecule has 1 aliphatic rings. The van der Waals surface area contributed by atoms with Crippen LogP contribution in [0.4, 0.5) is 5.69 Å². The molecule has 0 radical (unpaired) electrons. The molecule has 2 aromatic carbocycles. The lowest BCUT2D eigenvalue weighted by molar-refractivity contribution is -0.142. The Hall–Kier alpha value is -3.28. The van der Waals surface area contributed by atoms with Gasteiger partial charge in [-0.25, -0.2) is 0 Å². The van der Waals surface area contributed by atoms with Crippen LogP contribution in [0.2, 0.25) is 0 Å². The molecule has 3 aromatic rings. The van der Waals surface area contributed by atoms with Gasteiger partial charge in [-0.3, -0.25) is 9.59 Å². The predicted octanol–water partition coefficient (Wildman–Crippen LogP) is 4.77. The van der Waals surface area contributed by atoms with Gasteiger partial charge in [0.15, 0.2) is 0 Å². The SMILES string of the molecule is CN(C)c1ccc([C@H](CNC(=O)C2CCN(C(=O)C(C)(C)C)CC2)c2c[nH]c3ccccc23)cc1. The second-order valence-corrected chi connectivity index (χ2v) is 10.9. The average Bonchev–Trinajstić information content (AvgIpc) is 3.27. The fraction of sp³-hybridized carbons (Fsp3) is 0.448. The first-order valence-electron chi connectivity index (χ1n) is 12.6. The number of likely N-dealkylation sites (tertiary alicyclic amines) is 1. The van der Waals surface area contributed by atoms with Crippen molar-refractivity contribution in [2.45, 2.75) is 39.5 Å². The number of amides is 2. The minimum Gasteiger partial charge on any atom is -0.378 e. The minimum atomic E-state index is -0.385. The summed E-state index contributed by atoms with van der Waals surface area (Å²) in [5.41, 5.74) is 4.21. The van der Waals surface area contributed by atoms with Gasteiger partial charge < -0.3 is 20.1 Å². The highest BCUT2D eigenvalue weighted by Crippen LogP contribution is 2.32. The summed E-state index contributed by atoms with van der Waals surface area (Å²) in [5, 5.41) is 4.43. The van der Waals surface area contributed by atoms with Gasteiger partial charge in [0, 0.05) is 73.8 Å². The first-order chi connectivity index (χ1) is 16.6. The summed E-state index contributed by atoms with van der Waals surface area (Å²) >= 11 is 0. The average molecular weight is 475 g/mol. The van der Waals surface area contributed by atoms with Crippen molar-refractivity contribution in [1.29, 1.82) is 0 Å². The zero-order valence-electron chi connectivity index (χ0n) is 21.6. The van der Waals surface area contributed by atoms with Gasteiger partial charge in [-0.05, 0) is 42.2 Å². The first kappa shape index (κ1) is 24.8. The molecule has 0 spiro atoms. The maximum Gasteiger partial charge on any atom is 0.227 e. The number of fused-ring (bicyclic) bond motifs is 1. The van der Waals surface area contributed by atoms with E-state index in [0.717, 1.165) is 11.2 Å². The molecule has 1 aliphatic heterocycles. The molecule has 2 heterocycles. The number of benzene rings is 2. The summed E-state index contributed by atoms with van der Waals surface area (Å²) in [5.74, 6) is 0.229. The maximum absolute atomic E-state index is 13.2. The second-order valence-electron chi connectivity index (χ2n) is 10.9. The Morgan fingerprint density at radius 2 is 1.71 bits per heavy atom. The highest BCUT2D eigenvalue weighted by molar-refractivity contribution is 5.85. The third kappa shape index (κ3) is 5.53. The van der Waals surface area contributed by atoms with E-state index >= 15 is 0 Å². The van der Waals surface area contributed by atoms with E-state index in [1.165, 1.54) is 16.5 Å². The molecule has 1 aromatic heterocycles. The highest BCUT2D eigenvalue weighted by Gasteiger charge is 2.32. The standard InChI is InChI=1S/C29H38N4O2/c1-29(2,3)28(35)33-16-14-21(15-17-33)27(34)31-18-24(20-10-12-22(13-11-20)32(4)5)25-19-30-26-9-7-6-8-23(25)26/h6-13,19,21,24,30H,14-18H2,1-5H3,(H,31,34)/t24-/m0/s1. The highest BCUT2D eigenvalue weighted by atomic mass is 16.2. The van der Waals surface area contributed by atoms with E-state index in [1.54, 1.807) is 0 Å². The van der Waals surface area contributed by atoms with Crippen LogP contribution in [-0.4, -0.2) is 55.4 Å². The van der Waals surface area contributed by atoms with Crippen LogP contribution < -0.4 is 10.2 Å². The van der Waals surface area contributed by atoms with Crippen LogP contribution in [-0.2, 0) is 9.59 Å². The molecule has 6 nitrogen and oxygen atoms in total. The second kappa shape index (κ2) is 10.1. The number of aromatic nitrogens is 1. The summed E-state index contributed by atoms with van der Waals surface area (Å²) in [6, 6.07) is 16.9. The maximum atomic E-state index is 13.2. The summed E-state index contributed by atoms with van der Waals surface area (Å²) in [7, 11) is 4.07. The van der Waals surface area contributed by atoms with E-state index in [1.807, 2.05) is 45.8 Å². The van der Waals surface area contributed by atoms with E-state index in [-0.39, 0.29) is 29.1 Å². The van der Waals surface area contributed by atoms with Crippen LogP contribution in [0.3, 0.4) is 0 Å². The minimum absolute atomic E-state index is 0.0360. The number of para-hydroxylation sites is 1. The third-order valence-electron chi connectivity index (χ3n) is 7.08. The number of anilines is 1. The molecular weight excluding hydrogens is 436 g/mol. The predicted molar refractivity (Wildman–Crippen MR) is 143 cm³/mol. The molecule has 35 heavy (non-hydrogen) atoms. The number of carbonyl (C=O) groups is 2. The van der Waals surface area contributed by atoms with Crippen molar-refractivity contribution in [3.05, 3.63) is 65.9 Å². The van der Waals surface area contributed by atoms with Gasteiger partial charge in [-0.15, -0.1) is 0 Å². The van der Waals surface area contributed by atoms with Crippen LogP contribution in [0.15, 0.2) is 54.7 Å². The summed E-state index contributed by atoms with van der Waals surface area (Å²) in [4.78, 5) is 33.1. The zero-order chi connectivity index (χ0) is 25.2.